The molecule has 2 atom stereocenters. The summed E-state index contributed by atoms with van der Waals surface area (Å²) < 4.78 is 5.69. The quantitative estimate of drug-likeness (QED) is 0.924. The molecule has 1 aliphatic heterocycles. The minimum atomic E-state index is -0.116. The number of aliphatic hydroxyl groups is 1. The molecule has 0 bridgehead atoms. The van der Waals surface area contributed by atoms with Gasteiger partial charge in [-0.3, -0.25) is 4.79 Å². The monoisotopic (exact) mass is 287 g/mol. The van der Waals surface area contributed by atoms with Gasteiger partial charge in [0.05, 0.1) is 12.6 Å². The number of amides is 1. The molecule has 1 aromatic heterocycles. The van der Waals surface area contributed by atoms with Crippen LogP contribution in [0.1, 0.15) is 35.9 Å². The minimum Gasteiger partial charge on any atom is -0.451 e. The van der Waals surface area contributed by atoms with Gasteiger partial charge in [0.25, 0.3) is 5.91 Å². The summed E-state index contributed by atoms with van der Waals surface area (Å²) in [7, 11) is 0. The Morgan fingerprint density at radius 1 is 1.43 bits per heavy atom. The van der Waals surface area contributed by atoms with E-state index < -0.39 is 0 Å². The Hall–Kier alpha value is -1.81. The summed E-state index contributed by atoms with van der Waals surface area (Å²) in [5.41, 5.74) is 1.87. The molecule has 2 unspecified atom stereocenters. The molecule has 112 valence electrons. The van der Waals surface area contributed by atoms with Crippen molar-refractivity contribution < 1.29 is 14.3 Å². The number of fused-ring (bicyclic) bond motifs is 1. The first-order valence-electron chi connectivity index (χ1n) is 7.52. The predicted octanol–water partition coefficient (Wildman–Crippen LogP) is 2.97. The van der Waals surface area contributed by atoms with Gasteiger partial charge < -0.3 is 14.4 Å². The van der Waals surface area contributed by atoms with E-state index in [1.165, 1.54) is 0 Å². The van der Waals surface area contributed by atoms with Crippen molar-refractivity contribution in [2.75, 3.05) is 13.2 Å². The van der Waals surface area contributed by atoms with Crippen LogP contribution in [0.3, 0.4) is 0 Å². The molecule has 4 nitrogen and oxygen atoms in total. The molecular weight excluding hydrogens is 266 g/mol. The molecule has 1 fully saturated rings. The van der Waals surface area contributed by atoms with E-state index in [2.05, 4.69) is 6.92 Å². The second kappa shape index (κ2) is 5.53. The highest BCUT2D eigenvalue weighted by atomic mass is 16.3. The van der Waals surface area contributed by atoms with E-state index in [4.69, 9.17) is 4.42 Å². The Morgan fingerprint density at radius 2 is 2.24 bits per heavy atom. The fraction of sp³-hybridized carbons (Fsp3) is 0.471. The number of aryl methyl sites for hydroxylation is 1. The summed E-state index contributed by atoms with van der Waals surface area (Å²) in [5, 5.41) is 10.5. The number of piperidine rings is 1. The maximum atomic E-state index is 12.7. The number of furan rings is 1. The van der Waals surface area contributed by atoms with Crippen molar-refractivity contribution in [1.29, 1.82) is 0 Å². The molecule has 1 aliphatic rings. The van der Waals surface area contributed by atoms with Crippen molar-refractivity contribution in [3.8, 4) is 0 Å². The highest BCUT2D eigenvalue weighted by Gasteiger charge is 2.33. The van der Waals surface area contributed by atoms with Gasteiger partial charge in [0, 0.05) is 11.9 Å². The third-order valence-electron chi connectivity index (χ3n) is 4.45. The fourth-order valence-electron chi connectivity index (χ4n) is 3.19. The van der Waals surface area contributed by atoms with E-state index in [1.807, 2.05) is 25.1 Å². The molecule has 3 rings (SSSR count). The van der Waals surface area contributed by atoms with Crippen LogP contribution in [0.4, 0.5) is 0 Å². The average Bonchev–Trinajstić information content (AvgIpc) is 2.89. The standard InChI is InChI=1S/C17H21NO3/c1-11-5-6-15-13(8-11)9-16(21-15)17(20)18-7-3-4-12(2)14(18)10-19/h5-6,8-9,12,14,19H,3-4,7,10H2,1-2H3. The van der Waals surface area contributed by atoms with Crippen LogP contribution >= 0.6 is 0 Å². The third-order valence-corrected chi connectivity index (χ3v) is 4.45. The highest BCUT2D eigenvalue weighted by molar-refractivity contribution is 5.96. The van der Waals surface area contributed by atoms with Gasteiger partial charge >= 0.3 is 0 Å². The van der Waals surface area contributed by atoms with Crippen molar-refractivity contribution in [3.63, 3.8) is 0 Å². The van der Waals surface area contributed by atoms with Crippen molar-refractivity contribution in [3.05, 3.63) is 35.6 Å². The summed E-state index contributed by atoms with van der Waals surface area (Å²) >= 11 is 0. The predicted molar refractivity (Wildman–Crippen MR) is 81.3 cm³/mol. The Morgan fingerprint density at radius 3 is 3.00 bits per heavy atom. The topological polar surface area (TPSA) is 53.7 Å². The SMILES string of the molecule is Cc1ccc2oc(C(=O)N3CCCC(C)C3CO)cc2c1. The first-order chi connectivity index (χ1) is 10.1. The molecule has 4 heteroatoms. The minimum absolute atomic E-state index is 0.00619. The Bertz CT molecular complexity index is 661. The first kappa shape index (κ1) is 14.1. The van der Waals surface area contributed by atoms with Crippen LogP contribution in [-0.2, 0) is 0 Å². The maximum Gasteiger partial charge on any atom is 0.289 e. The zero-order chi connectivity index (χ0) is 15.0. The van der Waals surface area contributed by atoms with E-state index in [9.17, 15) is 9.90 Å². The summed E-state index contributed by atoms with van der Waals surface area (Å²) in [5.74, 6) is 0.567. The zero-order valence-electron chi connectivity index (χ0n) is 12.5. The number of likely N-dealkylation sites (tertiary alicyclic amines) is 1. The number of aliphatic hydroxyl groups excluding tert-OH is 1. The molecule has 2 heterocycles. The van der Waals surface area contributed by atoms with E-state index in [0.29, 0.717) is 18.2 Å². The zero-order valence-corrected chi connectivity index (χ0v) is 12.5. The van der Waals surface area contributed by atoms with Crippen molar-refractivity contribution in [2.45, 2.75) is 32.7 Å². The van der Waals surface area contributed by atoms with Gasteiger partial charge in [-0.15, -0.1) is 0 Å². The smallest absolute Gasteiger partial charge is 0.289 e. The normalized spacial score (nSPS) is 22.7. The summed E-state index contributed by atoms with van der Waals surface area (Å²) in [6, 6.07) is 7.57. The Kier molecular flexibility index (Phi) is 3.72. The fourth-order valence-corrected chi connectivity index (χ4v) is 3.19. The van der Waals surface area contributed by atoms with Gasteiger partial charge in [-0.2, -0.15) is 0 Å². The van der Waals surface area contributed by atoms with Crippen LogP contribution in [-0.4, -0.2) is 35.1 Å². The lowest BCUT2D eigenvalue weighted by atomic mass is 9.91. The van der Waals surface area contributed by atoms with Gasteiger partial charge in [0.15, 0.2) is 5.76 Å². The second-order valence-corrected chi connectivity index (χ2v) is 6.02. The molecule has 0 spiro atoms. The highest BCUT2D eigenvalue weighted by Crippen LogP contribution is 2.27. The summed E-state index contributed by atoms with van der Waals surface area (Å²) in [6.07, 6.45) is 2.02. The number of nitrogens with zero attached hydrogens (tertiary/aromatic N) is 1. The van der Waals surface area contributed by atoms with E-state index >= 15 is 0 Å². The summed E-state index contributed by atoms with van der Waals surface area (Å²) in [6.45, 7) is 4.79. The van der Waals surface area contributed by atoms with E-state index in [0.717, 1.165) is 29.4 Å². The van der Waals surface area contributed by atoms with Crippen molar-refractivity contribution in [1.82, 2.24) is 4.90 Å². The van der Waals surface area contributed by atoms with Crippen LogP contribution < -0.4 is 0 Å². The van der Waals surface area contributed by atoms with Gasteiger partial charge in [-0.1, -0.05) is 18.6 Å². The van der Waals surface area contributed by atoms with Gasteiger partial charge in [-0.05, 0) is 43.9 Å². The maximum absolute atomic E-state index is 12.7. The van der Waals surface area contributed by atoms with Crippen LogP contribution in [0.25, 0.3) is 11.0 Å². The van der Waals surface area contributed by atoms with Gasteiger partial charge in [-0.25, -0.2) is 0 Å². The molecular formula is C17H21NO3. The molecule has 0 radical (unpaired) electrons. The molecule has 0 saturated carbocycles. The van der Waals surface area contributed by atoms with E-state index in [1.54, 1.807) is 11.0 Å². The number of carbonyl (C=O) groups excluding carboxylic acids is 1. The number of benzene rings is 1. The molecule has 1 aromatic carbocycles. The Labute approximate surface area is 124 Å². The third kappa shape index (κ3) is 2.56. The lowest BCUT2D eigenvalue weighted by molar-refractivity contribution is 0.0333. The molecule has 0 aliphatic carbocycles. The largest absolute Gasteiger partial charge is 0.451 e. The number of hydrogen-bond acceptors (Lipinski definition) is 3. The lowest BCUT2D eigenvalue weighted by Gasteiger charge is -2.38. The first-order valence-corrected chi connectivity index (χ1v) is 7.52. The second-order valence-electron chi connectivity index (χ2n) is 6.02. The molecule has 21 heavy (non-hydrogen) atoms. The average molecular weight is 287 g/mol. The van der Waals surface area contributed by atoms with Crippen molar-refractivity contribution >= 4 is 16.9 Å². The molecule has 2 aromatic rings. The molecule has 1 saturated heterocycles. The van der Waals surface area contributed by atoms with Crippen LogP contribution in [0.15, 0.2) is 28.7 Å². The van der Waals surface area contributed by atoms with Gasteiger partial charge in [0.1, 0.15) is 5.58 Å². The van der Waals surface area contributed by atoms with Crippen molar-refractivity contribution in [2.24, 2.45) is 5.92 Å². The Balaban J connectivity index is 1.92. The number of hydrogen-bond donors (Lipinski definition) is 1. The molecule has 1 N–H and O–H groups in total. The van der Waals surface area contributed by atoms with Crippen LogP contribution in [0.5, 0.6) is 0 Å². The van der Waals surface area contributed by atoms with E-state index in [-0.39, 0.29) is 18.6 Å². The summed E-state index contributed by atoms with van der Waals surface area (Å²) in [4.78, 5) is 14.5. The lowest BCUT2D eigenvalue weighted by Crippen LogP contribution is -2.49. The number of carbonyl (C=O) groups is 1. The number of rotatable bonds is 2. The van der Waals surface area contributed by atoms with Crippen LogP contribution in [0.2, 0.25) is 0 Å². The molecule has 1 amide bonds. The van der Waals surface area contributed by atoms with Gasteiger partial charge in [0.2, 0.25) is 0 Å². The van der Waals surface area contributed by atoms with Crippen LogP contribution in [0, 0.1) is 12.8 Å².